The second-order valence-electron chi connectivity index (χ2n) is 6.74. The van der Waals surface area contributed by atoms with Crippen molar-refractivity contribution in [3.63, 3.8) is 0 Å². The summed E-state index contributed by atoms with van der Waals surface area (Å²) in [6.45, 7) is 3.11. The Morgan fingerprint density at radius 2 is 1.67 bits per heavy atom. The van der Waals surface area contributed by atoms with Crippen LogP contribution in [0, 0.1) is 0 Å². The maximum Gasteiger partial charge on any atom is 0.145 e. The lowest BCUT2D eigenvalue weighted by Crippen LogP contribution is -2.37. The summed E-state index contributed by atoms with van der Waals surface area (Å²) >= 11 is 0. The van der Waals surface area contributed by atoms with Crippen LogP contribution in [-0.2, 0) is 0 Å². The highest BCUT2D eigenvalue weighted by atomic mass is 16.5. The molecule has 0 amide bonds. The molecule has 4 aromatic rings. The van der Waals surface area contributed by atoms with Crippen LogP contribution in [0.1, 0.15) is 18.7 Å². The molecule has 0 spiro atoms. The molecule has 27 heavy (non-hydrogen) atoms. The highest BCUT2D eigenvalue weighted by Gasteiger charge is 2.33. The second kappa shape index (κ2) is 6.16. The van der Waals surface area contributed by atoms with Crippen molar-refractivity contribution >= 4 is 16.7 Å². The van der Waals surface area contributed by atoms with E-state index in [-0.39, 0.29) is 6.17 Å². The minimum absolute atomic E-state index is 0.0539. The molecule has 2 heterocycles. The van der Waals surface area contributed by atoms with Gasteiger partial charge in [-0.1, -0.05) is 36.4 Å². The second-order valence-corrected chi connectivity index (χ2v) is 6.74. The molecule has 1 aromatic heterocycles. The zero-order chi connectivity index (χ0) is 18.4. The van der Waals surface area contributed by atoms with E-state index in [2.05, 4.69) is 71.0 Å². The van der Waals surface area contributed by atoms with E-state index in [9.17, 15) is 0 Å². The molecule has 0 radical (unpaired) electrons. The number of imidazole rings is 1. The normalized spacial score (nSPS) is 15.5. The van der Waals surface area contributed by atoms with Crippen molar-refractivity contribution in [1.29, 1.82) is 0 Å². The van der Waals surface area contributed by atoms with Crippen LogP contribution in [-0.4, -0.2) is 23.2 Å². The molecule has 5 rings (SSSR count). The first-order chi connectivity index (χ1) is 13.3. The third-order valence-corrected chi connectivity index (χ3v) is 5.34. The molecule has 0 fully saturated rings. The Balaban J connectivity index is 1.82. The molecule has 4 nitrogen and oxygen atoms in total. The Labute approximate surface area is 158 Å². The van der Waals surface area contributed by atoms with E-state index < -0.39 is 0 Å². The van der Waals surface area contributed by atoms with E-state index in [4.69, 9.17) is 9.72 Å². The minimum Gasteiger partial charge on any atom is -0.497 e. The number of para-hydroxylation sites is 3. The highest BCUT2D eigenvalue weighted by Crippen LogP contribution is 2.44. The summed E-state index contributed by atoms with van der Waals surface area (Å²) in [6, 6.07) is 25.3. The number of anilines is 1. The number of hydrogen-bond acceptors (Lipinski definition) is 3. The van der Waals surface area contributed by atoms with Crippen LogP contribution in [0.5, 0.6) is 5.75 Å². The van der Waals surface area contributed by atoms with Crippen LogP contribution in [0.3, 0.4) is 0 Å². The molecular formula is C23H21N3O. The topological polar surface area (TPSA) is 30.3 Å². The number of ether oxygens (including phenoxy) is 1. The van der Waals surface area contributed by atoms with Crippen molar-refractivity contribution in [1.82, 2.24) is 9.55 Å². The van der Waals surface area contributed by atoms with Crippen LogP contribution < -0.4 is 9.64 Å². The Hall–Kier alpha value is -3.27. The molecule has 1 aliphatic rings. The predicted octanol–water partition coefficient (Wildman–Crippen LogP) is 5.10. The minimum atomic E-state index is 0.0539. The average molecular weight is 355 g/mol. The quantitative estimate of drug-likeness (QED) is 0.512. The molecule has 1 aliphatic heterocycles. The van der Waals surface area contributed by atoms with Crippen molar-refractivity contribution in [3.8, 4) is 17.1 Å². The summed E-state index contributed by atoms with van der Waals surface area (Å²) < 4.78 is 7.72. The molecule has 4 heteroatoms. The van der Waals surface area contributed by atoms with Gasteiger partial charge in [0.1, 0.15) is 17.7 Å². The molecule has 1 atom stereocenters. The summed E-state index contributed by atoms with van der Waals surface area (Å²) in [5, 5.41) is 0. The number of aromatic nitrogens is 2. The van der Waals surface area contributed by atoms with Gasteiger partial charge in [-0.2, -0.15) is 0 Å². The number of hydrogen-bond donors (Lipinski definition) is 0. The standard InChI is InChI=1S/C23H21N3O/c1-3-25-20-10-6-4-8-18(20)22-24-19-9-5-7-11-21(19)26(22)23(25)16-12-14-17(27-2)15-13-16/h4-15,23H,3H2,1-2H3/t23-/m1/s1. The lowest BCUT2D eigenvalue weighted by Gasteiger charge is -2.40. The van der Waals surface area contributed by atoms with Crippen LogP contribution >= 0.6 is 0 Å². The van der Waals surface area contributed by atoms with Gasteiger partial charge in [-0.05, 0) is 48.9 Å². The number of methoxy groups -OCH3 is 1. The SMILES string of the molecule is CCN1c2ccccc2-c2nc3ccccc3n2[C@@H]1c1ccc(OC)cc1. The highest BCUT2D eigenvalue weighted by molar-refractivity contribution is 5.87. The Kier molecular flexibility index (Phi) is 3.64. The van der Waals surface area contributed by atoms with E-state index in [0.29, 0.717) is 0 Å². The first-order valence-electron chi connectivity index (χ1n) is 9.28. The van der Waals surface area contributed by atoms with E-state index in [0.717, 1.165) is 29.2 Å². The van der Waals surface area contributed by atoms with Crippen molar-refractivity contribution in [2.24, 2.45) is 0 Å². The Morgan fingerprint density at radius 1 is 0.926 bits per heavy atom. The van der Waals surface area contributed by atoms with E-state index in [1.807, 2.05) is 18.2 Å². The fraction of sp³-hybridized carbons (Fsp3) is 0.174. The van der Waals surface area contributed by atoms with Gasteiger partial charge in [0.25, 0.3) is 0 Å². The van der Waals surface area contributed by atoms with Crippen molar-refractivity contribution in [3.05, 3.63) is 78.4 Å². The van der Waals surface area contributed by atoms with E-state index in [1.165, 1.54) is 16.8 Å². The van der Waals surface area contributed by atoms with Gasteiger partial charge in [0.2, 0.25) is 0 Å². The molecule has 0 saturated heterocycles. The molecule has 0 bridgehead atoms. The van der Waals surface area contributed by atoms with Crippen molar-refractivity contribution < 1.29 is 4.74 Å². The lowest BCUT2D eigenvalue weighted by molar-refractivity contribution is 0.414. The van der Waals surface area contributed by atoms with Crippen LogP contribution in [0.25, 0.3) is 22.4 Å². The third kappa shape index (κ3) is 2.33. The Morgan fingerprint density at radius 3 is 2.44 bits per heavy atom. The van der Waals surface area contributed by atoms with Crippen LogP contribution in [0.15, 0.2) is 72.8 Å². The van der Waals surface area contributed by atoms with Gasteiger partial charge in [0.15, 0.2) is 0 Å². The van der Waals surface area contributed by atoms with Crippen LogP contribution in [0.2, 0.25) is 0 Å². The van der Waals surface area contributed by atoms with Crippen LogP contribution in [0.4, 0.5) is 5.69 Å². The Bertz CT molecular complexity index is 1110. The molecule has 134 valence electrons. The number of fused-ring (bicyclic) bond motifs is 5. The number of benzene rings is 3. The molecule has 0 N–H and O–H groups in total. The molecule has 0 unspecified atom stereocenters. The van der Waals surface area contributed by atoms with Gasteiger partial charge in [0, 0.05) is 17.8 Å². The predicted molar refractivity (Wildman–Crippen MR) is 109 cm³/mol. The van der Waals surface area contributed by atoms with E-state index in [1.54, 1.807) is 7.11 Å². The molecule has 3 aromatic carbocycles. The fourth-order valence-electron chi connectivity index (χ4n) is 4.11. The molecule has 0 aliphatic carbocycles. The van der Waals surface area contributed by atoms with Gasteiger partial charge in [-0.3, -0.25) is 4.57 Å². The first kappa shape index (κ1) is 15.9. The lowest BCUT2D eigenvalue weighted by atomic mass is 10.0. The zero-order valence-electron chi connectivity index (χ0n) is 15.5. The summed E-state index contributed by atoms with van der Waals surface area (Å²) in [4.78, 5) is 7.43. The average Bonchev–Trinajstić information content (AvgIpc) is 3.12. The monoisotopic (exact) mass is 355 g/mol. The first-order valence-corrected chi connectivity index (χ1v) is 9.28. The number of rotatable bonds is 3. The summed E-state index contributed by atoms with van der Waals surface area (Å²) in [6.07, 6.45) is 0.0539. The van der Waals surface area contributed by atoms with Gasteiger partial charge in [-0.15, -0.1) is 0 Å². The summed E-state index contributed by atoms with van der Waals surface area (Å²) in [5.74, 6) is 1.89. The van der Waals surface area contributed by atoms with Gasteiger partial charge >= 0.3 is 0 Å². The van der Waals surface area contributed by atoms with Gasteiger partial charge < -0.3 is 9.64 Å². The van der Waals surface area contributed by atoms with Gasteiger partial charge in [-0.25, -0.2) is 4.98 Å². The maximum absolute atomic E-state index is 5.36. The maximum atomic E-state index is 5.36. The largest absolute Gasteiger partial charge is 0.497 e. The fourth-order valence-corrected chi connectivity index (χ4v) is 4.11. The summed E-state index contributed by atoms with van der Waals surface area (Å²) in [7, 11) is 1.70. The number of nitrogens with zero attached hydrogens (tertiary/aromatic N) is 3. The molecular weight excluding hydrogens is 334 g/mol. The third-order valence-electron chi connectivity index (χ3n) is 5.34. The van der Waals surface area contributed by atoms with E-state index >= 15 is 0 Å². The van der Waals surface area contributed by atoms with Gasteiger partial charge in [0.05, 0.1) is 18.1 Å². The summed E-state index contributed by atoms with van der Waals surface area (Å²) in [5.41, 5.74) is 5.81. The zero-order valence-corrected chi connectivity index (χ0v) is 15.5. The molecule has 0 saturated carbocycles. The smallest absolute Gasteiger partial charge is 0.145 e. The van der Waals surface area contributed by atoms with Crippen molar-refractivity contribution in [2.75, 3.05) is 18.6 Å². The van der Waals surface area contributed by atoms with Crippen molar-refractivity contribution in [2.45, 2.75) is 13.1 Å².